The third kappa shape index (κ3) is 4.04. The number of non-ortho nitro benzene ring substituents is 1. The van der Waals surface area contributed by atoms with Crippen LogP contribution in [-0.2, 0) is 6.42 Å². The Labute approximate surface area is 120 Å². The first-order valence-corrected chi connectivity index (χ1v) is 6.26. The molecule has 0 unspecified atom stereocenters. The molecule has 0 atom stereocenters. The van der Waals surface area contributed by atoms with E-state index in [1.165, 1.54) is 24.3 Å². The fourth-order valence-electron chi connectivity index (χ4n) is 1.76. The van der Waals surface area contributed by atoms with E-state index in [0.717, 1.165) is 5.56 Å². The van der Waals surface area contributed by atoms with E-state index in [2.05, 4.69) is 0 Å². The number of carboxylic acid groups (broad SMARTS) is 1. The molecule has 1 N–H and O–H groups in total. The van der Waals surface area contributed by atoms with Crippen LogP contribution in [-0.4, -0.2) is 22.6 Å². The maximum Gasteiger partial charge on any atom is 0.335 e. The molecule has 0 bridgehead atoms. The van der Waals surface area contributed by atoms with E-state index < -0.39 is 10.9 Å². The Bertz CT molecular complexity index is 577. The first-order valence-electron chi connectivity index (χ1n) is 6.26. The van der Waals surface area contributed by atoms with Gasteiger partial charge in [-0.1, -0.05) is 12.1 Å². The normalized spacial score (nSPS) is 10.1. The number of aromatic carboxylic acids is 1. The summed E-state index contributed by atoms with van der Waals surface area (Å²) in [6.45, 7) is 0.407. The van der Waals surface area contributed by atoms with Crippen LogP contribution in [0, 0.1) is 10.1 Å². The molecule has 0 aromatic heterocycles. The molecule has 0 fully saturated rings. The van der Waals surface area contributed by atoms with Crippen LogP contribution in [0.25, 0.3) is 0 Å². The Morgan fingerprint density at radius 1 is 1.10 bits per heavy atom. The molecule has 2 aromatic carbocycles. The Morgan fingerprint density at radius 3 is 2.24 bits per heavy atom. The highest BCUT2D eigenvalue weighted by Gasteiger charge is 2.04. The molecule has 2 aromatic rings. The predicted molar refractivity (Wildman–Crippen MR) is 75.7 cm³/mol. The molecular weight excluding hydrogens is 274 g/mol. The zero-order valence-electron chi connectivity index (χ0n) is 11.1. The van der Waals surface area contributed by atoms with Gasteiger partial charge in [-0.25, -0.2) is 4.79 Å². The van der Waals surface area contributed by atoms with Crippen molar-refractivity contribution in [1.29, 1.82) is 0 Å². The quantitative estimate of drug-likeness (QED) is 0.651. The summed E-state index contributed by atoms with van der Waals surface area (Å²) in [6, 6.07) is 12.4. The molecule has 0 heterocycles. The predicted octanol–water partition coefficient (Wildman–Crippen LogP) is 2.91. The van der Waals surface area contributed by atoms with E-state index in [1.54, 1.807) is 24.3 Å². The molecule has 0 amide bonds. The van der Waals surface area contributed by atoms with Crippen molar-refractivity contribution in [1.82, 2.24) is 0 Å². The second-order valence-corrected chi connectivity index (χ2v) is 4.35. The summed E-state index contributed by atoms with van der Waals surface area (Å²) in [4.78, 5) is 20.8. The van der Waals surface area contributed by atoms with Gasteiger partial charge < -0.3 is 9.84 Å². The van der Waals surface area contributed by atoms with Crippen molar-refractivity contribution >= 4 is 11.7 Å². The van der Waals surface area contributed by atoms with Crippen LogP contribution >= 0.6 is 0 Å². The van der Waals surface area contributed by atoms with Gasteiger partial charge in [0.15, 0.2) is 0 Å². The van der Waals surface area contributed by atoms with Crippen LogP contribution < -0.4 is 4.74 Å². The summed E-state index contributed by atoms with van der Waals surface area (Å²) in [5, 5.41) is 19.3. The molecule has 2 rings (SSSR count). The van der Waals surface area contributed by atoms with Crippen molar-refractivity contribution in [3.8, 4) is 5.75 Å². The number of hydrogen-bond donors (Lipinski definition) is 1. The summed E-state index contributed by atoms with van der Waals surface area (Å²) in [7, 11) is 0. The van der Waals surface area contributed by atoms with E-state index in [0.29, 0.717) is 18.8 Å². The van der Waals surface area contributed by atoms with Crippen molar-refractivity contribution in [3.05, 3.63) is 69.8 Å². The molecule has 108 valence electrons. The third-order valence-electron chi connectivity index (χ3n) is 2.91. The molecule has 6 nitrogen and oxygen atoms in total. The molecule has 0 saturated carbocycles. The zero-order valence-corrected chi connectivity index (χ0v) is 11.1. The van der Waals surface area contributed by atoms with Crippen LogP contribution in [0.1, 0.15) is 15.9 Å². The zero-order chi connectivity index (χ0) is 15.2. The van der Waals surface area contributed by atoms with Crippen molar-refractivity contribution in [2.75, 3.05) is 6.61 Å². The van der Waals surface area contributed by atoms with E-state index in [9.17, 15) is 14.9 Å². The SMILES string of the molecule is O=C(O)c1ccc(OCCc2ccc([N+](=O)[O-])cc2)cc1. The number of nitrogens with zero attached hydrogens (tertiary/aromatic N) is 1. The van der Waals surface area contributed by atoms with Gasteiger partial charge in [-0.2, -0.15) is 0 Å². The lowest BCUT2D eigenvalue weighted by molar-refractivity contribution is -0.384. The van der Waals surface area contributed by atoms with Crippen molar-refractivity contribution in [2.24, 2.45) is 0 Å². The van der Waals surface area contributed by atoms with Crippen LogP contribution in [0.5, 0.6) is 5.75 Å². The minimum absolute atomic E-state index is 0.0592. The lowest BCUT2D eigenvalue weighted by Crippen LogP contribution is -2.02. The Balaban J connectivity index is 1.86. The Kier molecular flexibility index (Phi) is 4.50. The van der Waals surface area contributed by atoms with E-state index in [-0.39, 0.29) is 11.3 Å². The molecule has 0 aliphatic carbocycles. The van der Waals surface area contributed by atoms with Gasteiger partial charge in [0, 0.05) is 18.6 Å². The standard InChI is InChI=1S/C15H13NO5/c17-15(18)12-3-7-14(8-4-12)21-10-9-11-1-5-13(6-2-11)16(19)20/h1-8H,9-10H2,(H,17,18). The molecule has 21 heavy (non-hydrogen) atoms. The van der Waals surface area contributed by atoms with Gasteiger partial charge >= 0.3 is 5.97 Å². The van der Waals surface area contributed by atoms with Crippen LogP contribution in [0.3, 0.4) is 0 Å². The lowest BCUT2D eigenvalue weighted by Gasteiger charge is -2.06. The highest BCUT2D eigenvalue weighted by Crippen LogP contribution is 2.14. The minimum Gasteiger partial charge on any atom is -0.493 e. The number of carbonyl (C=O) groups is 1. The van der Waals surface area contributed by atoms with Gasteiger partial charge in [0.2, 0.25) is 0 Å². The van der Waals surface area contributed by atoms with E-state index in [1.807, 2.05) is 0 Å². The van der Waals surface area contributed by atoms with Gasteiger partial charge in [-0.05, 0) is 29.8 Å². The van der Waals surface area contributed by atoms with Gasteiger partial charge in [-0.3, -0.25) is 10.1 Å². The smallest absolute Gasteiger partial charge is 0.335 e. The summed E-state index contributed by atoms with van der Waals surface area (Å²) in [5.74, 6) is -0.394. The third-order valence-corrected chi connectivity index (χ3v) is 2.91. The molecule has 0 aliphatic rings. The highest BCUT2D eigenvalue weighted by molar-refractivity contribution is 5.87. The number of ether oxygens (including phenoxy) is 1. The Morgan fingerprint density at radius 2 is 1.71 bits per heavy atom. The van der Waals surface area contributed by atoms with Crippen molar-refractivity contribution in [3.63, 3.8) is 0 Å². The van der Waals surface area contributed by atoms with Gasteiger partial charge in [-0.15, -0.1) is 0 Å². The lowest BCUT2D eigenvalue weighted by atomic mass is 10.1. The highest BCUT2D eigenvalue weighted by atomic mass is 16.6. The van der Waals surface area contributed by atoms with Crippen LogP contribution in [0.15, 0.2) is 48.5 Å². The number of hydrogen-bond acceptors (Lipinski definition) is 4. The van der Waals surface area contributed by atoms with Gasteiger partial charge in [0.25, 0.3) is 5.69 Å². The van der Waals surface area contributed by atoms with E-state index in [4.69, 9.17) is 9.84 Å². The molecule has 0 spiro atoms. The summed E-state index contributed by atoms with van der Waals surface area (Å²) < 4.78 is 5.50. The number of carboxylic acids is 1. The van der Waals surface area contributed by atoms with Crippen molar-refractivity contribution in [2.45, 2.75) is 6.42 Å². The first-order chi connectivity index (χ1) is 10.1. The first kappa shape index (κ1) is 14.5. The summed E-state index contributed by atoms with van der Waals surface area (Å²) in [6.07, 6.45) is 0.610. The topological polar surface area (TPSA) is 89.7 Å². The Hall–Kier alpha value is -2.89. The monoisotopic (exact) mass is 287 g/mol. The average Bonchev–Trinajstić information content (AvgIpc) is 2.48. The fraction of sp³-hybridized carbons (Fsp3) is 0.133. The minimum atomic E-state index is -0.979. The average molecular weight is 287 g/mol. The number of benzene rings is 2. The number of nitro benzene ring substituents is 1. The molecular formula is C15H13NO5. The largest absolute Gasteiger partial charge is 0.493 e. The van der Waals surface area contributed by atoms with E-state index >= 15 is 0 Å². The van der Waals surface area contributed by atoms with Crippen LogP contribution in [0.4, 0.5) is 5.69 Å². The molecule has 0 saturated heterocycles. The van der Waals surface area contributed by atoms with Crippen LogP contribution in [0.2, 0.25) is 0 Å². The second-order valence-electron chi connectivity index (χ2n) is 4.35. The molecule has 0 aliphatic heterocycles. The van der Waals surface area contributed by atoms with Gasteiger partial charge in [0.1, 0.15) is 5.75 Å². The van der Waals surface area contributed by atoms with Crippen molar-refractivity contribution < 1.29 is 19.6 Å². The maximum absolute atomic E-state index is 10.7. The maximum atomic E-state index is 10.7. The number of nitro groups is 1. The van der Waals surface area contributed by atoms with Gasteiger partial charge in [0.05, 0.1) is 17.1 Å². The summed E-state index contributed by atoms with van der Waals surface area (Å²) >= 11 is 0. The second kappa shape index (κ2) is 6.51. The fourth-order valence-corrected chi connectivity index (χ4v) is 1.76. The molecule has 0 radical (unpaired) electrons. The molecule has 6 heteroatoms. The number of rotatable bonds is 6. The summed E-state index contributed by atoms with van der Waals surface area (Å²) in [5.41, 5.74) is 1.20.